The zero-order valence-electron chi connectivity index (χ0n) is 17.3. The minimum atomic E-state index is -1.04. The molecule has 1 unspecified atom stereocenters. The maximum Gasteiger partial charge on any atom is 0.266 e. The Hall–Kier alpha value is -2.93. The predicted molar refractivity (Wildman–Crippen MR) is 114 cm³/mol. The number of carbonyl (C=O) groups excluding carboxylic acids is 1. The SMILES string of the molecule is CC(C)(Oc1ccc(Cl)cc1)C(=O)N1CCCC(c2nnc(-c3ccc(F)cc3)o2)C1. The summed E-state index contributed by atoms with van der Waals surface area (Å²) in [5, 5.41) is 8.88. The molecule has 0 N–H and O–H groups in total. The fourth-order valence-corrected chi connectivity index (χ4v) is 3.82. The van der Waals surface area contributed by atoms with Crippen LogP contribution in [0.5, 0.6) is 5.75 Å². The predicted octanol–water partition coefficient (Wildman–Crippen LogP) is 5.09. The molecule has 1 aliphatic heterocycles. The van der Waals surface area contributed by atoms with Crippen molar-refractivity contribution in [2.45, 2.75) is 38.2 Å². The average Bonchev–Trinajstić information content (AvgIpc) is 3.26. The molecule has 0 spiro atoms. The van der Waals surface area contributed by atoms with Gasteiger partial charge in [-0.05, 0) is 75.2 Å². The van der Waals surface area contributed by atoms with Crippen LogP contribution < -0.4 is 4.74 Å². The van der Waals surface area contributed by atoms with Crippen molar-refractivity contribution in [1.29, 1.82) is 0 Å². The number of halogens is 2. The first-order chi connectivity index (χ1) is 14.8. The van der Waals surface area contributed by atoms with Gasteiger partial charge in [-0.25, -0.2) is 4.39 Å². The lowest BCUT2D eigenvalue weighted by Crippen LogP contribution is -2.51. The van der Waals surface area contributed by atoms with Gasteiger partial charge in [0.25, 0.3) is 5.91 Å². The van der Waals surface area contributed by atoms with E-state index in [1.165, 1.54) is 12.1 Å². The van der Waals surface area contributed by atoms with E-state index in [0.29, 0.717) is 41.2 Å². The summed E-state index contributed by atoms with van der Waals surface area (Å²) in [7, 11) is 0. The Morgan fingerprint density at radius 1 is 1.16 bits per heavy atom. The third kappa shape index (κ3) is 4.88. The standard InChI is InChI=1S/C23H23ClFN3O3/c1-23(2,31-19-11-7-17(24)8-12-19)22(29)28-13-3-4-16(14-28)21-27-26-20(30-21)15-5-9-18(25)10-6-15/h5-12,16H,3-4,13-14H2,1-2H3. The molecule has 0 saturated carbocycles. The lowest BCUT2D eigenvalue weighted by molar-refractivity contribution is -0.146. The zero-order chi connectivity index (χ0) is 22.0. The van der Waals surface area contributed by atoms with Crippen molar-refractivity contribution in [2.24, 2.45) is 0 Å². The Balaban J connectivity index is 1.44. The van der Waals surface area contributed by atoms with Gasteiger partial charge in [0, 0.05) is 23.7 Å². The number of ether oxygens (including phenoxy) is 1. The summed E-state index contributed by atoms with van der Waals surface area (Å²) in [5.74, 6) is 0.903. The number of aromatic nitrogens is 2. The number of benzene rings is 2. The molecule has 1 aromatic heterocycles. The van der Waals surface area contributed by atoms with Crippen LogP contribution in [0.25, 0.3) is 11.5 Å². The van der Waals surface area contributed by atoms with Crippen LogP contribution >= 0.6 is 11.6 Å². The molecule has 2 heterocycles. The molecule has 2 aromatic carbocycles. The van der Waals surface area contributed by atoms with Gasteiger partial charge in [0.05, 0.1) is 5.92 Å². The highest BCUT2D eigenvalue weighted by Crippen LogP contribution is 2.30. The molecule has 0 aliphatic carbocycles. The van der Waals surface area contributed by atoms with Gasteiger partial charge in [-0.2, -0.15) is 0 Å². The van der Waals surface area contributed by atoms with Crippen LogP contribution in [-0.4, -0.2) is 39.7 Å². The number of likely N-dealkylation sites (tertiary alicyclic amines) is 1. The monoisotopic (exact) mass is 443 g/mol. The molecule has 3 aromatic rings. The lowest BCUT2D eigenvalue weighted by atomic mass is 9.96. The van der Waals surface area contributed by atoms with Crippen LogP contribution in [-0.2, 0) is 4.79 Å². The topological polar surface area (TPSA) is 68.5 Å². The molecule has 162 valence electrons. The van der Waals surface area contributed by atoms with Crippen LogP contribution in [0.2, 0.25) is 5.02 Å². The Kier molecular flexibility index (Phi) is 5.96. The summed E-state index contributed by atoms with van der Waals surface area (Å²) in [4.78, 5) is 15.0. The second-order valence-corrected chi connectivity index (χ2v) is 8.55. The van der Waals surface area contributed by atoms with Crippen molar-refractivity contribution in [3.05, 3.63) is 65.3 Å². The molecule has 8 heteroatoms. The van der Waals surface area contributed by atoms with Gasteiger partial charge in [-0.1, -0.05) is 11.6 Å². The fraction of sp³-hybridized carbons (Fsp3) is 0.348. The minimum absolute atomic E-state index is 0.0641. The summed E-state index contributed by atoms with van der Waals surface area (Å²) in [5.41, 5.74) is -0.384. The van der Waals surface area contributed by atoms with E-state index in [1.807, 2.05) is 0 Å². The molecule has 4 rings (SSSR count). The van der Waals surface area contributed by atoms with Crippen LogP contribution in [0.3, 0.4) is 0 Å². The molecule has 0 bridgehead atoms. The quantitative estimate of drug-likeness (QED) is 0.549. The fourth-order valence-electron chi connectivity index (χ4n) is 3.69. The van der Waals surface area contributed by atoms with E-state index in [-0.39, 0.29) is 17.6 Å². The first-order valence-electron chi connectivity index (χ1n) is 10.1. The maximum absolute atomic E-state index is 13.2. The normalized spacial score (nSPS) is 16.9. The van der Waals surface area contributed by atoms with Crippen LogP contribution in [0.4, 0.5) is 4.39 Å². The van der Waals surface area contributed by atoms with Crippen molar-refractivity contribution in [3.8, 4) is 17.2 Å². The van der Waals surface area contributed by atoms with Gasteiger partial charge in [0.15, 0.2) is 5.60 Å². The Morgan fingerprint density at radius 3 is 2.58 bits per heavy atom. The molecule has 1 fully saturated rings. The van der Waals surface area contributed by atoms with Crippen LogP contribution in [0.15, 0.2) is 52.9 Å². The molecule has 1 aliphatic rings. The molecule has 6 nitrogen and oxygen atoms in total. The van der Waals surface area contributed by atoms with E-state index in [1.54, 1.807) is 55.1 Å². The molecule has 1 atom stereocenters. The molecule has 1 amide bonds. The summed E-state index contributed by atoms with van der Waals surface area (Å²) in [6, 6.07) is 12.8. The van der Waals surface area contributed by atoms with Gasteiger partial charge < -0.3 is 14.1 Å². The van der Waals surface area contributed by atoms with Crippen molar-refractivity contribution in [3.63, 3.8) is 0 Å². The summed E-state index contributed by atoms with van der Waals surface area (Å²) in [6.45, 7) is 4.62. The molecular formula is C23H23ClFN3O3. The number of piperidine rings is 1. The number of nitrogens with zero attached hydrogens (tertiary/aromatic N) is 3. The number of rotatable bonds is 5. The highest BCUT2D eigenvalue weighted by atomic mass is 35.5. The highest BCUT2D eigenvalue weighted by molar-refractivity contribution is 6.30. The van der Waals surface area contributed by atoms with Gasteiger partial charge >= 0.3 is 0 Å². The first kappa shape index (κ1) is 21.3. The second-order valence-electron chi connectivity index (χ2n) is 8.11. The number of amides is 1. The summed E-state index contributed by atoms with van der Waals surface area (Å²) in [6.07, 6.45) is 1.66. The van der Waals surface area contributed by atoms with E-state index >= 15 is 0 Å². The third-order valence-electron chi connectivity index (χ3n) is 5.29. The van der Waals surface area contributed by atoms with Crippen molar-refractivity contribution in [2.75, 3.05) is 13.1 Å². The van der Waals surface area contributed by atoms with E-state index < -0.39 is 5.60 Å². The van der Waals surface area contributed by atoms with Crippen molar-refractivity contribution in [1.82, 2.24) is 15.1 Å². The van der Waals surface area contributed by atoms with Gasteiger partial charge in [-0.3, -0.25) is 4.79 Å². The molecular weight excluding hydrogens is 421 g/mol. The van der Waals surface area contributed by atoms with Gasteiger partial charge in [-0.15, -0.1) is 10.2 Å². The zero-order valence-corrected chi connectivity index (χ0v) is 18.1. The van der Waals surface area contributed by atoms with Gasteiger partial charge in [0.2, 0.25) is 11.8 Å². The third-order valence-corrected chi connectivity index (χ3v) is 5.54. The first-order valence-corrected chi connectivity index (χ1v) is 10.5. The van der Waals surface area contributed by atoms with E-state index in [0.717, 1.165) is 12.8 Å². The smallest absolute Gasteiger partial charge is 0.266 e. The Bertz CT molecular complexity index is 1050. The average molecular weight is 444 g/mol. The van der Waals surface area contributed by atoms with Crippen LogP contribution in [0.1, 0.15) is 38.5 Å². The lowest BCUT2D eigenvalue weighted by Gasteiger charge is -2.36. The van der Waals surface area contributed by atoms with E-state index in [2.05, 4.69) is 10.2 Å². The minimum Gasteiger partial charge on any atom is -0.478 e. The number of carbonyl (C=O) groups is 1. The highest BCUT2D eigenvalue weighted by Gasteiger charge is 2.37. The van der Waals surface area contributed by atoms with Crippen LogP contribution in [0, 0.1) is 5.82 Å². The summed E-state index contributed by atoms with van der Waals surface area (Å²) >= 11 is 5.92. The maximum atomic E-state index is 13.2. The molecule has 0 radical (unpaired) electrons. The van der Waals surface area contributed by atoms with E-state index in [4.69, 9.17) is 20.8 Å². The number of hydrogen-bond donors (Lipinski definition) is 0. The number of hydrogen-bond acceptors (Lipinski definition) is 5. The second kappa shape index (κ2) is 8.67. The molecule has 1 saturated heterocycles. The Morgan fingerprint density at radius 2 is 1.87 bits per heavy atom. The summed E-state index contributed by atoms with van der Waals surface area (Å²) < 4.78 is 24.9. The van der Waals surface area contributed by atoms with Gasteiger partial charge in [0.1, 0.15) is 11.6 Å². The largest absolute Gasteiger partial charge is 0.478 e. The van der Waals surface area contributed by atoms with Crippen molar-refractivity contribution >= 4 is 17.5 Å². The van der Waals surface area contributed by atoms with E-state index in [9.17, 15) is 9.18 Å². The Labute approximate surface area is 185 Å². The molecule has 31 heavy (non-hydrogen) atoms. The van der Waals surface area contributed by atoms with Crippen molar-refractivity contribution < 1.29 is 18.3 Å².